The van der Waals surface area contributed by atoms with E-state index in [4.69, 9.17) is 0 Å². The molecular weight excluding hydrogens is 204 g/mol. The first-order valence-corrected chi connectivity index (χ1v) is 5.10. The van der Waals surface area contributed by atoms with Gasteiger partial charge in [-0.25, -0.2) is 4.79 Å². The molecule has 0 heterocycles. The molecule has 3 radical (unpaired) electrons. The number of carbonyl (C=O) groups is 1. The van der Waals surface area contributed by atoms with Crippen LogP contribution in [0.15, 0.2) is 24.8 Å². The quantitative estimate of drug-likeness (QED) is 0.573. The molecule has 0 aromatic heterocycles. The van der Waals surface area contributed by atoms with Gasteiger partial charge in [0.05, 0.1) is 5.56 Å². The molecule has 0 saturated heterocycles. The standard InChI is InChI=1S/C12H13O2Si/c1-4-5-10-6-7-11(12(13)14-15)9(3)8(10)2/h4,6-7H,1,5H2,2-3H3. The third kappa shape index (κ3) is 2.36. The second kappa shape index (κ2) is 4.93. The van der Waals surface area contributed by atoms with Gasteiger partial charge in [-0.1, -0.05) is 12.1 Å². The van der Waals surface area contributed by atoms with Crippen molar-refractivity contribution in [3.63, 3.8) is 0 Å². The van der Waals surface area contributed by atoms with E-state index in [9.17, 15) is 4.79 Å². The first kappa shape index (κ1) is 11.7. The van der Waals surface area contributed by atoms with Crippen molar-refractivity contribution in [3.05, 3.63) is 47.0 Å². The molecule has 3 heteroatoms. The number of allylic oxidation sites excluding steroid dienone is 1. The monoisotopic (exact) mass is 217 g/mol. The molecule has 1 aromatic carbocycles. The van der Waals surface area contributed by atoms with Gasteiger partial charge in [-0.15, -0.1) is 6.58 Å². The van der Waals surface area contributed by atoms with Crippen LogP contribution >= 0.6 is 0 Å². The summed E-state index contributed by atoms with van der Waals surface area (Å²) in [5.74, 6) is -0.364. The first-order valence-electron chi connectivity index (χ1n) is 4.69. The Morgan fingerprint density at radius 1 is 1.47 bits per heavy atom. The van der Waals surface area contributed by atoms with Crippen LogP contribution in [-0.2, 0) is 10.8 Å². The summed E-state index contributed by atoms with van der Waals surface area (Å²) in [5.41, 5.74) is 3.85. The van der Waals surface area contributed by atoms with Crippen LogP contribution in [0.5, 0.6) is 0 Å². The van der Waals surface area contributed by atoms with Crippen molar-refractivity contribution < 1.29 is 9.22 Å². The second-order valence-electron chi connectivity index (χ2n) is 3.40. The predicted octanol–water partition coefficient (Wildman–Crippen LogP) is 2.27. The summed E-state index contributed by atoms with van der Waals surface area (Å²) in [6, 6.07) is 3.71. The molecule has 0 N–H and O–H groups in total. The molecule has 0 aliphatic rings. The lowest BCUT2D eigenvalue weighted by atomic mass is 9.96. The molecule has 1 rings (SSSR count). The highest BCUT2D eigenvalue weighted by Crippen LogP contribution is 2.19. The Balaban J connectivity index is 3.20. The third-order valence-corrected chi connectivity index (χ3v) is 2.76. The number of rotatable bonds is 3. The van der Waals surface area contributed by atoms with Crippen molar-refractivity contribution in [1.82, 2.24) is 0 Å². The van der Waals surface area contributed by atoms with E-state index in [1.807, 2.05) is 26.0 Å². The van der Waals surface area contributed by atoms with E-state index < -0.39 is 0 Å². The molecule has 0 unspecified atom stereocenters. The van der Waals surface area contributed by atoms with Crippen LogP contribution in [0, 0.1) is 13.8 Å². The van der Waals surface area contributed by atoms with Crippen LogP contribution in [0.4, 0.5) is 0 Å². The van der Waals surface area contributed by atoms with Crippen LogP contribution < -0.4 is 0 Å². The van der Waals surface area contributed by atoms with Crippen molar-refractivity contribution in [1.29, 1.82) is 0 Å². The van der Waals surface area contributed by atoms with Crippen LogP contribution in [0.25, 0.3) is 0 Å². The fraction of sp³-hybridized carbons (Fsp3) is 0.250. The van der Waals surface area contributed by atoms with Gasteiger partial charge < -0.3 is 4.43 Å². The predicted molar refractivity (Wildman–Crippen MR) is 61.0 cm³/mol. The van der Waals surface area contributed by atoms with E-state index in [1.165, 1.54) is 5.56 Å². The molecular formula is C12H13O2Si. The number of hydrogen-bond acceptors (Lipinski definition) is 2. The van der Waals surface area contributed by atoms with Crippen LogP contribution in [0.1, 0.15) is 27.0 Å². The summed E-state index contributed by atoms with van der Waals surface area (Å²) < 4.78 is 4.52. The van der Waals surface area contributed by atoms with Crippen molar-refractivity contribution in [2.45, 2.75) is 20.3 Å². The van der Waals surface area contributed by atoms with Gasteiger partial charge in [-0.2, -0.15) is 0 Å². The smallest absolute Gasteiger partial charge is 0.345 e. The largest absolute Gasteiger partial charge is 0.513 e. The van der Waals surface area contributed by atoms with E-state index in [2.05, 4.69) is 21.5 Å². The van der Waals surface area contributed by atoms with E-state index >= 15 is 0 Å². The van der Waals surface area contributed by atoms with Gasteiger partial charge in [0.2, 0.25) is 0 Å². The highest BCUT2D eigenvalue weighted by atomic mass is 28.2. The van der Waals surface area contributed by atoms with Crippen LogP contribution in [0.2, 0.25) is 0 Å². The lowest BCUT2D eigenvalue weighted by molar-refractivity contribution is 0.0749. The molecule has 77 valence electrons. The summed E-state index contributed by atoms with van der Waals surface area (Å²) >= 11 is 0. The van der Waals surface area contributed by atoms with Gasteiger partial charge in [-0.05, 0) is 43.0 Å². The lowest BCUT2D eigenvalue weighted by Gasteiger charge is -2.10. The van der Waals surface area contributed by atoms with Crippen LogP contribution in [0.3, 0.4) is 0 Å². The molecule has 0 fully saturated rings. The second-order valence-corrected chi connectivity index (χ2v) is 3.61. The maximum absolute atomic E-state index is 11.4. The minimum Gasteiger partial charge on any atom is -0.513 e. The number of carbonyl (C=O) groups excluding carboxylic acids is 1. The molecule has 0 saturated carbocycles. The van der Waals surface area contributed by atoms with Crippen LogP contribution in [-0.4, -0.2) is 16.5 Å². The SMILES string of the molecule is C=CCc1ccc(C(=O)O[Si])c(C)c1C. The molecule has 0 bridgehead atoms. The van der Waals surface area contributed by atoms with E-state index in [1.54, 1.807) is 6.07 Å². The Labute approximate surface area is 93.5 Å². The van der Waals surface area contributed by atoms with Gasteiger partial charge in [-0.3, -0.25) is 0 Å². The van der Waals surface area contributed by atoms with Gasteiger partial charge >= 0.3 is 16.5 Å². The Kier molecular flexibility index (Phi) is 3.86. The fourth-order valence-corrected chi connectivity index (χ4v) is 1.64. The van der Waals surface area contributed by atoms with Crippen molar-refractivity contribution in [2.24, 2.45) is 0 Å². The van der Waals surface area contributed by atoms with Crippen molar-refractivity contribution in [3.8, 4) is 0 Å². The van der Waals surface area contributed by atoms with Gasteiger partial charge in [0.15, 0.2) is 0 Å². The zero-order valence-electron chi connectivity index (χ0n) is 8.96. The summed E-state index contributed by atoms with van der Waals surface area (Å²) in [6.45, 7) is 7.62. The number of hydrogen-bond donors (Lipinski definition) is 0. The maximum Gasteiger partial charge on any atom is 0.345 e. The van der Waals surface area contributed by atoms with E-state index in [-0.39, 0.29) is 5.97 Å². The minimum atomic E-state index is -0.364. The summed E-state index contributed by atoms with van der Waals surface area (Å²) in [7, 11) is 2.74. The molecule has 0 amide bonds. The lowest BCUT2D eigenvalue weighted by Crippen LogP contribution is -2.07. The van der Waals surface area contributed by atoms with Gasteiger partial charge in [0.25, 0.3) is 0 Å². The average molecular weight is 217 g/mol. The molecule has 0 aliphatic carbocycles. The zero-order valence-corrected chi connectivity index (χ0v) is 9.96. The average Bonchev–Trinajstić information content (AvgIpc) is 2.24. The maximum atomic E-state index is 11.4. The Morgan fingerprint density at radius 2 is 2.13 bits per heavy atom. The van der Waals surface area contributed by atoms with E-state index in [0.29, 0.717) is 5.56 Å². The van der Waals surface area contributed by atoms with Crippen molar-refractivity contribution in [2.75, 3.05) is 0 Å². The van der Waals surface area contributed by atoms with Gasteiger partial charge in [0, 0.05) is 0 Å². The highest BCUT2D eigenvalue weighted by Gasteiger charge is 2.11. The molecule has 0 aliphatic heterocycles. The molecule has 1 aromatic rings. The molecule has 15 heavy (non-hydrogen) atoms. The first-order chi connectivity index (χ1) is 7.11. The van der Waals surface area contributed by atoms with Crippen molar-refractivity contribution >= 4 is 16.5 Å². The molecule has 0 spiro atoms. The topological polar surface area (TPSA) is 26.3 Å². The normalized spacial score (nSPS) is 9.80. The Morgan fingerprint density at radius 3 is 2.67 bits per heavy atom. The molecule has 2 nitrogen and oxygen atoms in total. The fourth-order valence-electron chi connectivity index (χ4n) is 1.53. The van der Waals surface area contributed by atoms with E-state index in [0.717, 1.165) is 17.5 Å². The molecule has 0 atom stereocenters. The zero-order chi connectivity index (χ0) is 11.4. The third-order valence-electron chi connectivity index (χ3n) is 2.58. The Bertz CT molecular complexity index is 397. The summed E-state index contributed by atoms with van der Waals surface area (Å²) in [6.07, 6.45) is 2.67. The Hall–Kier alpha value is -1.35. The van der Waals surface area contributed by atoms with Gasteiger partial charge in [0.1, 0.15) is 0 Å². The summed E-state index contributed by atoms with van der Waals surface area (Å²) in [5, 5.41) is 0. The summed E-state index contributed by atoms with van der Waals surface area (Å²) in [4.78, 5) is 11.4. The number of benzene rings is 1. The minimum absolute atomic E-state index is 0.364. The highest BCUT2D eigenvalue weighted by molar-refractivity contribution is 6.09.